The molecule has 0 bridgehead atoms. The minimum atomic E-state index is 0. The number of benzene rings is 5. The number of nitrogens with zero attached hydrogens (tertiary/aromatic N) is 3. The average Bonchev–Trinajstić information content (AvgIpc) is 3.61. The summed E-state index contributed by atoms with van der Waals surface area (Å²) in [7, 11) is 0. The van der Waals surface area contributed by atoms with Crippen LogP contribution in [0.4, 0.5) is 22.7 Å². The molecule has 4 nitrogen and oxygen atoms in total. The Morgan fingerprint density at radius 1 is 0.690 bits per heavy atom. The Kier molecular flexibility index (Phi) is 7.72. The fraction of sp³-hybridized carbons (Fsp3) is 0.0270. The predicted octanol–water partition coefficient (Wildman–Crippen LogP) is 9.10. The van der Waals surface area contributed by atoms with Gasteiger partial charge in [0.2, 0.25) is 5.69 Å². The van der Waals surface area contributed by atoms with Crippen LogP contribution in [0, 0.1) is 19.1 Å². The zero-order chi connectivity index (χ0) is 27.6. The van der Waals surface area contributed by atoms with E-state index in [1.165, 1.54) is 5.56 Å². The molecule has 1 aliphatic rings. The number of aromatic nitrogens is 1. The SMILES string of the molecule is C1=[N+](c2[c-]cc3oc4ccccc4c3c2)c2ccccc2[N+]=1c1ccccc1.Cc1ccc(-c2[c-]cccc2)nc1.[Ir]. The van der Waals surface area contributed by atoms with Crippen LogP contribution in [0.2, 0.25) is 0 Å². The van der Waals surface area contributed by atoms with Gasteiger partial charge in [-0.1, -0.05) is 76.7 Å². The zero-order valence-corrected chi connectivity index (χ0v) is 25.2. The fourth-order valence-corrected chi connectivity index (χ4v) is 4.97. The van der Waals surface area contributed by atoms with Crippen LogP contribution in [0.15, 0.2) is 138 Å². The van der Waals surface area contributed by atoms with Crippen LogP contribution in [0.5, 0.6) is 0 Å². The van der Waals surface area contributed by atoms with Gasteiger partial charge in [0.15, 0.2) is 0 Å². The molecule has 0 unspecified atom stereocenters. The quantitative estimate of drug-likeness (QED) is 0.135. The van der Waals surface area contributed by atoms with E-state index in [-0.39, 0.29) is 20.1 Å². The average molecular weight is 720 g/mol. The van der Waals surface area contributed by atoms with Crippen molar-refractivity contribution in [3.8, 4) is 11.3 Å². The van der Waals surface area contributed by atoms with Crippen molar-refractivity contribution >= 4 is 50.7 Å². The molecule has 0 fully saturated rings. The molecule has 0 atom stereocenters. The summed E-state index contributed by atoms with van der Waals surface area (Å²) in [5.41, 5.74) is 9.13. The van der Waals surface area contributed by atoms with E-state index in [1.807, 2.05) is 92.0 Å². The van der Waals surface area contributed by atoms with E-state index in [0.717, 1.165) is 55.9 Å². The smallest absolute Gasteiger partial charge is 0.501 e. The third-order valence-corrected chi connectivity index (χ3v) is 7.01. The molecule has 5 heteroatoms. The third-order valence-electron chi connectivity index (χ3n) is 7.01. The van der Waals surface area contributed by atoms with Crippen molar-refractivity contribution in [2.45, 2.75) is 6.92 Å². The van der Waals surface area contributed by atoms with Crippen molar-refractivity contribution in [2.24, 2.45) is 0 Å². The molecule has 5 aromatic carbocycles. The number of hydrogen-bond donors (Lipinski definition) is 0. The van der Waals surface area contributed by atoms with Gasteiger partial charge in [0.05, 0.1) is 0 Å². The molecule has 7 aromatic rings. The van der Waals surface area contributed by atoms with E-state index in [1.54, 1.807) is 0 Å². The van der Waals surface area contributed by atoms with Gasteiger partial charge in [0, 0.05) is 61.5 Å². The summed E-state index contributed by atoms with van der Waals surface area (Å²) >= 11 is 0. The summed E-state index contributed by atoms with van der Waals surface area (Å²) in [5, 5.41) is 2.20. The van der Waals surface area contributed by atoms with Crippen LogP contribution in [-0.2, 0) is 20.1 Å². The van der Waals surface area contributed by atoms with Gasteiger partial charge >= 0.3 is 6.01 Å². The molecule has 2 aromatic heterocycles. The molecular weight excluding hydrogens is 695 g/mol. The number of hydrogen-bond acceptors (Lipinski definition) is 2. The van der Waals surface area contributed by atoms with Crippen LogP contribution < -0.4 is 9.15 Å². The van der Waals surface area contributed by atoms with E-state index in [9.17, 15) is 0 Å². The first kappa shape index (κ1) is 27.3. The topological polar surface area (TPSA) is 32.0 Å². The second-order valence-corrected chi connectivity index (χ2v) is 9.79. The van der Waals surface area contributed by atoms with Gasteiger partial charge in [-0.15, -0.1) is 48.0 Å². The Hall–Kier alpha value is -4.92. The Morgan fingerprint density at radius 2 is 1.43 bits per heavy atom. The fourth-order valence-electron chi connectivity index (χ4n) is 4.97. The van der Waals surface area contributed by atoms with E-state index in [0.29, 0.717) is 0 Å². The number of para-hydroxylation sites is 4. The monoisotopic (exact) mass is 720 g/mol. The minimum absolute atomic E-state index is 0. The number of rotatable bonds is 3. The molecule has 42 heavy (non-hydrogen) atoms. The Morgan fingerprint density at radius 3 is 2.19 bits per heavy atom. The predicted molar refractivity (Wildman–Crippen MR) is 167 cm³/mol. The van der Waals surface area contributed by atoms with Crippen LogP contribution >= 0.6 is 0 Å². The molecule has 1 aliphatic heterocycles. The molecule has 8 rings (SSSR count). The summed E-state index contributed by atoms with van der Waals surface area (Å²) in [5.74, 6) is 0. The number of fused-ring (bicyclic) bond motifs is 4. The number of pyridine rings is 1. The van der Waals surface area contributed by atoms with Gasteiger partial charge < -0.3 is 9.40 Å². The molecule has 0 aliphatic carbocycles. The molecule has 0 amide bonds. The second-order valence-electron chi connectivity index (χ2n) is 9.79. The molecule has 203 valence electrons. The maximum Gasteiger partial charge on any atom is 0.501 e. The summed E-state index contributed by atoms with van der Waals surface area (Å²) in [4.78, 5) is 4.32. The summed E-state index contributed by atoms with van der Waals surface area (Å²) < 4.78 is 10.1. The Labute approximate surface area is 257 Å². The summed E-state index contributed by atoms with van der Waals surface area (Å²) in [6, 6.07) is 52.7. The minimum Gasteiger partial charge on any atom is -0.516 e. The van der Waals surface area contributed by atoms with Gasteiger partial charge in [-0.2, -0.15) is 0 Å². The Bertz CT molecular complexity index is 2080. The molecule has 0 N–H and O–H groups in total. The van der Waals surface area contributed by atoms with Crippen LogP contribution in [-0.4, -0.2) is 11.0 Å². The van der Waals surface area contributed by atoms with Crippen molar-refractivity contribution in [3.05, 3.63) is 151 Å². The van der Waals surface area contributed by atoms with Crippen molar-refractivity contribution in [2.75, 3.05) is 0 Å². The molecular formula is C37H25IrN3O. The molecule has 0 saturated carbocycles. The first-order valence-electron chi connectivity index (χ1n) is 13.5. The van der Waals surface area contributed by atoms with E-state index < -0.39 is 0 Å². The summed E-state index contributed by atoms with van der Waals surface area (Å²) in [6.07, 6.45) is 1.87. The molecule has 1 radical (unpaired) electrons. The standard InChI is InChI=1S/C25H15N2O.C12H10N.Ir/c1-2-8-18(9-3-1)26-17-27(23-12-6-5-11-22(23)26)19-14-15-25-21(16-19)20-10-4-7-13-24(20)28-25;1-10-7-8-12(13-9-10)11-5-3-2-4-6-11;/h1-13,15-16H;2-5,7-9H,1H3;/q+1;-1;. The van der Waals surface area contributed by atoms with Crippen molar-refractivity contribution < 1.29 is 24.5 Å². The van der Waals surface area contributed by atoms with Gasteiger partial charge in [0.1, 0.15) is 11.3 Å². The van der Waals surface area contributed by atoms with Crippen LogP contribution in [0.3, 0.4) is 0 Å². The van der Waals surface area contributed by atoms with E-state index in [2.05, 4.69) is 80.8 Å². The molecule has 3 heterocycles. The normalized spacial score (nSPS) is 11.6. The first-order chi connectivity index (χ1) is 20.2. The largest absolute Gasteiger partial charge is 0.516 e. The summed E-state index contributed by atoms with van der Waals surface area (Å²) in [6.45, 7) is 2.03. The van der Waals surface area contributed by atoms with E-state index in [4.69, 9.17) is 4.42 Å². The van der Waals surface area contributed by atoms with Crippen molar-refractivity contribution in [1.82, 2.24) is 14.1 Å². The van der Waals surface area contributed by atoms with Crippen LogP contribution in [0.1, 0.15) is 5.56 Å². The van der Waals surface area contributed by atoms with Gasteiger partial charge in [-0.05, 0) is 28.8 Å². The van der Waals surface area contributed by atoms with Gasteiger partial charge in [0.25, 0.3) is 11.4 Å². The molecule has 0 spiro atoms. The maximum atomic E-state index is 5.95. The second kappa shape index (κ2) is 11.9. The van der Waals surface area contributed by atoms with Crippen molar-refractivity contribution in [3.63, 3.8) is 0 Å². The maximum absolute atomic E-state index is 5.95. The van der Waals surface area contributed by atoms with Gasteiger partial charge in [-0.3, -0.25) is 0 Å². The van der Waals surface area contributed by atoms with Gasteiger partial charge in [-0.25, -0.2) is 0 Å². The first-order valence-corrected chi connectivity index (χ1v) is 13.5. The molecule has 0 saturated heterocycles. The third kappa shape index (κ3) is 5.25. The zero-order valence-electron chi connectivity index (χ0n) is 22.8. The Balaban J connectivity index is 0.000000191. The number of furan rings is 1. The van der Waals surface area contributed by atoms with Crippen LogP contribution in [0.25, 0.3) is 33.2 Å². The van der Waals surface area contributed by atoms with Crippen molar-refractivity contribution in [1.29, 1.82) is 0 Å². The van der Waals surface area contributed by atoms with E-state index >= 15 is 0 Å². The number of aryl methyl sites for hydroxylation is 1.